The van der Waals surface area contributed by atoms with E-state index < -0.39 is 0 Å². The monoisotopic (exact) mass is 1430 g/mol. The third-order valence-corrected chi connectivity index (χ3v) is 20.0. The van der Waals surface area contributed by atoms with E-state index in [9.17, 15) is 0 Å². The van der Waals surface area contributed by atoms with E-state index in [1.54, 1.807) is 0 Å². The quantitative estimate of drug-likeness (QED) is 0.226. The highest BCUT2D eigenvalue weighted by atomic mass is 16.7. The van der Waals surface area contributed by atoms with Crippen LogP contribution in [0.2, 0.25) is 0 Å². The van der Waals surface area contributed by atoms with Gasteiger partial charge >= 0.3 is 0 Å². The van der Waals surface area contributed by atoms with Crippen molar-refractivity contribution in [1.29, 1.82) is 0 Å². The first-order valence-electron chi connectivity index (χ1n) is 45.7. The van der Waals surface area contributed by atoms with Gasteiger partial charge in [0.25, 0.3) is 0 Å². The van der Waals surface area contributed by atoms with Crippen LogP contribution in [-0.4, -0.2) is 95.1 Å². The first-order valence-corrected chi connectivity index (χ1v) is 45.7. The van der Waals surface area contributed by atoms with Crippen molar-refractivity contribution in [3.05, 3.63) is 0 Å². The number of likely N-dealkylation sites (tertiary alicyclic amines) is 1. The second kappa shape index (κ2) is 94.8. The predicted molar refractivity (Wildman–Crippen MR) is 466 cm³/mol. The molecule has 10 aliphatic rings. The van der Waals surface area contributed by atoms with Crippen molar-refractivity contribution in [2.45, 2.75) is 456 Å². The number of nitrogens with one attached hydrogen (secondary N) is 2. The number of hydrogen-bond acceptors (Lipinski definition) is 7. The van der Waals surface area contributed by atoms with Gasteiger partial charge in [0.05, 0.1) is 19.3 Å². The summed E-state index contributed by atoms with van der Waals surface area (Å²) in [6.07, 6.45) is 35.3. The number of rotatable bonds is 10. The lowest BCUT2D eigenvalue weighted by molar-refractivity contribution is -0.0732. The minimum Gasteiger partial charge on any atom is -0.381 e. The molecule has 10 fully saturated rings. The lowest BCUT2D eigenvalue weighted by atomic mass is 9.95. The van der Waals surface area contributed by atoms with Gasteiger partial charge < -0.3 is 34.5 Å². The maximum Gasteiger partial charge on any atom is 0.160 e. The maximum atomic E-state index is 5.41. The van der Waals surface area contributed by atoms with E-state index in [1.165, 1.54) is 187 Å². The van der Waals surface area contributed by atoms with Crippen LogP contribution in [0.15, 0.2) is 0 Å². The SMILES string of the molecule is CC.CC.CC.CC.CC.CC.CC.CC.CC.CC.CC(C)C1CCCC1.CC(C)C1CCCC1.CC(C)C1CCCC1.CC(C)C1CCCC1.CC(C)C1CCCN1.CC(C)C1CCCO1.CC(C)C1CCNC1.CC(C)C1CCOC1.CC(C)C1OCCO1.CC(C)N1CCCC1. The Balaban J connectivity index is -0.000000109. The van der Waals surface area contributed by atoms with Gasteiger partial charge in [-0.1, -0.05) is 366 Å². The summed E-state index contributed by atoms with van der Waals surface area (Å²) < 4.78 is 21.0. The highest BCUT2D eigenvalue weighted by Gasteiger charge is 2.23. The van der Waals surface area contributed by atoms with Crippen LogP contribution in [0.4, 0.5) is 0 Å². The highest BCUT2D eigenvalue weighted by molar-refractivity contribution is 4.77. The van der Waals surface area contributed by atoms with Gasteiger partial charge in [-0.25, -0.2) is 0 Å². The van der Waals surface area contributed by atoms with Crippen molar-refractivity contribution in [1.82, 2.24) is 15.5 Å². The van der Waals surface area contributed by atoms with Crippen molar-refractivity contribution < 1.29 is 18.9 Å². The summed E-state index contributed by atoms with van der Waals surface area (Å²) in [6, 6.07) is 1.59. The Labute approximate surface area is 641 Å². The molecule has 0 radical (unpaired) electrons. The Morgan fingerprint density at radius 2 is 0.610 bits per heavy atom. The summed E-state index contributed by atoms with van der Waals surface area (Å²) in [7, 11) is 0. The molecule has 4 aliphatic carbocycles. The summed E-state index contributed by atoms with van der Waals surface area (Å²) in [5, 5.41) is 6.81. The van der Waals surface area contributed by atoms with Gasteiger partial charge in [0.2, 0.25) is 0 Å². The summed E-state index contributed by atoms with van der Waals surface area (Å²) in [5.41, 5.74) is 0. The Morgan fingerprint density at radius 3 is 0.750 bits per heavy atom. The van der Waals surface area contributed by atoms with Gasteiger partial charge in [0.1, 0.15) is 0 Å². The molecule has 0 aromatic carbocycles. The standard InChI is InChI=1S/4C8H16.3C7H15N.2C7H14O.C6H12O2.10C2H6/c4*1-7(2)8-5-3-4-6-8;1-6(2)7-3-4-8-5-7;1-7(2)8-5-3-4-6-8;1-6(2)7-4-3-5-8-7;1-6(2)7-3-4-8-5-7;1-6(2)7-4-3-5-8-7;1-5(2)6-7-3-4-8-6;10*1-2/h4*7-8H,3-6H2,1-2H3;6-8H,3-5H2,1-2H3;7H,3-6H2,1-2H3;6-8H,3-5H2,1-2H3;2*6-7H,3-5H2,1-2H3;5-6H,3-4H2,1-2H3;10*1-2H3. The molecule has 2 N–H and O–H groups in total. The van der Waals surface area contributed by atoms with E-state index >= 15 is 0 Å². The largest absolute Gasteiger partial charge is 0.381 e. The molecule has 6 saturated heterocycles. The minimum atomic E-state index is 0.0648. The number of nitrogens with zero attached hydrogens (tertiary/aromatic N) is 1. The number of hydrogen-bond donors (Lipinski definition) is 2. The van der Waals surface area contributed by atoms with E-state index in [-0.39, 0.29) is 6.29 Å². The van der Waals surface area contributed by atoms with Crippen LogP contribution < -0.4 is 10.6 Å². The Kier molecular flexibility index (Phi) is 114. The van der Waals surface area contributed by atoms with Crippen LogP contribution in [-0.2, 0) is 18.9 Å². The zero-order valence-corrected chi connectivity index (χ0v) is 78.1. The average molecular weight is 1430 g/mol. The molecule has 0 aromatic rings. The van der Waals surface area contributed by atoms with E-state index in [0.29, 0.717) is 12.0 Å². The summed E-state index contributed by atoms with van der Waals surface area (Å²) in [5.74, 6) is 13.6. The first kappa shape index (κ1) is 121. The molecule has 0 amide bonds. The van der Waals surface area contributed by atoms with E-state index in [2.05, 4.69) is 154 Å². The zero-order valence-electron chi connectivity index (χ0n) is 78.1. The molecular formula is C93H209N3O4. The Bertz CT molecular complexity index is 960. The summed E-state index contributed by atoms with van der Waals surface area (Å²) >= 11 is 0. The van der Waals surface area contributed by atoms with Crippen LogP contribution >= 0.6 is 0 Å². The summed E-state index contributed by atoms with van der Waals surface area (Å²) in [6.45, 7) is 96.5. The van der Waals surface area contributed by atoms with Crippen molar-refractivity contribution in [3.8, 4) is 0 Å². The van der Waals surface area contributed by atoms with Crippen LogP contribution in [0.3, 0.4) is 0 Å². The van der Waals surface area contributed by atoms with Crippen molar-refractivity contribution >= 4 is 0 Å². The second-order valence-electron chi connectivity index (χ2n) is 30.0. The van der Waals surface area contributed by atoms with E-state index in [0.717, 1.165) is 128 Å². The molecule has 620 valence electrons. The molecule has 7 heteroatoms. The van der Waals surface area contributed by atoms with Gasteiger partial charge in [-0.3, -0.25) is 0 Å². The van der Waals surface area contributed by atoms with Gasteiger partial charge in [-0.15, -0.1) is 0 Å². The Morgan fingerprint density at radius 1 is 0.270 bits per heavy atom. The topological polar surface area (TPSA) is 64.2 Å². The van der Waals surface area contributed by atoms with Crippen LogP contribution in [0.1, 0.15) is 431 Å². The van der Waals surface area contributed by atoms with Crippen LogP contribution in [0, 0.1) is 88.8 Å². The lowest BCUT2D eigenvalue weighted by Crippen LogP contribution is -2.26. The molecule has 100 heavy (non-hydrogen) atoms. The van der Waals surface area contributed by atoms with Crippen LogP contribution in [0.5, 0.6) is 0 Å². The molecular weight excluding hydrogens is 1220 g/mol. The fourth-order valence-electron chi connectivity index (χ4n) is 13.2. The predicted octanol–water partition coefficient (Wildman–Crippen LogP) is 30.2. The van der Waals surface area contributed by atoms with E-state index in [1.807, 2.05) is 138 Å². The molecule has 10 rings (SSSR count). The van der Waals surface area contributed by atoms with Crippen molar-refractivity contribution in [2.75, 3.05) is 65.8 Å². The molecule has 4 unspecified atom stereocenters. The molecule has 6 aliphatic heterocycles. The molecule has 0 spiro atoms. The lowest BCUT2D eigenvalue weighted by Gasteiger charge is -2.18. The van der Waals surface area contributed by atoms with Crippen molar-refractivity contribution in [2.24, 2.45) is 88.8 Å². The van der Waals surface area contributed by atoms with Gasteiger partial charge in [-0.05, 0) is 181 Å². The Hall–Kier alpha value is -0.280. The second-order valence-corrected chi connectivity index (χ2v) is 30.0. The fraction of sp³-hybridized carbons (Fsp3) is 1.00. The summed E-state index contributed by atoms with van der Waals surface area (Å²) in [4.78, 5) is 2.53. The molecule has 7 nitrogen and oxygen atoms in total. The third-order valence-electron chi connectivity index (χ3n) is 20.0. The average Bonchev–Trinajstić information content (AvgIpc) is 3.90. The molecule has 4 saturated carbocycles. The van der Waals surface area contributed by atoms with Gasteiger partial charge in [0, 0.05) is 37.8 Å². The smallest absolute Gasteiger partial charge is 0.160 e. The molecule has 0 bridgehead atoms. The maximum absolute atomic E-state index is 5.41. The normalized spacial score (nSPS) is 21.1. The van der Waals surface area contributed by atoms with E-state index in [4.69, 9.17) is 18.9 Å². The molecule has 6 heterocycles. The first-order chi connectivity index (χ1) is 48.0. The molecule has 0 aromatic heterocycles. The zero-order chi connectivity index (χ0) is 79.8. The van der Waals surface area contributed by atoms with Gasteiger partial charge in [0.15, 0.2) is 6.29 Å². The third kappa shape index (κ3) is 75.9. The van der Waals surface area contributed by atoms with Crippen LogP contribution in [0.25, 0.3) is 0 Å². The van der Waals surface area contributed by atoms with Gasteiger partial charge in [-0.2, -0.15) is 0 Å². The highest BCUT2D eigenvalue weighted by Crippen LogP contribution is 2.33. The number of ether oxygens (including phenoxy) is 4. The molecule has 4 atom stereocenters. The van der Waals surface area contributed by atoms with Crippen molar-refractivity contribution in [3.63, 3.8) is 0 Å². The fourth-order valence-corrected chi connectivity index (χ4v) is 13.2. The minimum absolute atomic E-state index is 0.0648.